The van der Waals surface area contributed by atoms with Gasteiger partial charge in [-0.2, -0.15) is 8.42 Å². The highest BCUT2D eigenvalue weighted by Gasteiger charge is 2.30. The second kappa shape index (κ2) is 11.1. The second-order valence-electron chi connectivity index (χ2n) is 8.11. The molecule has 0 unspecified atom stereocenters. The van der Waals surface area contributed by atoms with Crippen LogP contribution in [0, 0.1) is 27.7 Å². The Balaban J connectivity index is 1.84. The molecule has 0 aliphatic heterocycles. The first kappa shape index (κ1) is 25.8. The minimum absolute atomic E-state index is 0.313. The van der Waals surface area contributed by atoms with Crippen LogP contribution in [0.1, 0.15) is 22.3 Å². The van der Waals surface area contributed by atoms with E-state index < -0.39 is 28.4 Å². The normalized spacial score (nSPS) is 11.5. The van der Waals surface area contributed by atoms with Crippen molar-refractivity contribution in [1.82, 2.24) is 0 Å². The summed E-state index contributed by atoms with van der Waals surface area (Å²) in [5.41, 5.74) is 4.18. The predicted octanol–water partition coefficient (Wildman–Crippen LogP) is 4.83. The molecule has 0 aliphatic carbocycles. The molecule has 0 saturated heterocycles. The average molecular weight is 502 g/mol. The van der Waals surface area contributed by atoms with Gasteiger partial charge in [0.2, 0.25) is 0 Å². The largest absolute Gasteiger partial charge is 0.481 e. The minimum Gasteiger partial charge on any atom is -0.481 e. The summed E-state index contributed by atoms with van der Waals surface area (Å²) in [6.45, 7) is 7.23. The van der Waals surface area contributed by atoms with Crippen molar-refractivity contribution in [2.75, 3.05) is 19.0 Å². The smallest absolute Gasteiger partial charge is 0.344 e. The summed E-state index contributed by atoms with van der Waals surface area (Å²) in [7, 11) is -4.49. The minimum atomic E-state index is -4.18. The van der Waals surface area contributed by atoms with E-state index in [9.17, 15) is 13.2 Å². The van der Waals surface area contributed by atoms with Gasteiger partial charge in [-0.15, -0.1) is 0 Å². The van der Waals surface area contributed by atoms with Crippen LogP contribution in [0.5, 0.6) is 5.75 Å². The van der Waals surface area contributed by atoms with Crippen molar-refractivity contribution in [2.45, 2.75) is 42.4 Å². The monoisotopic (exact) mass is 501 g/mol. The SMILES string of the molecule is Cc1ccc([S+](c2ccc(C)cc2)c2cc(C)c(OCC(=O)OCCS(=O)(=O)O)c(C)c2)cc1. The van der Waals surface area contributed by atoms with Gasteiger partial charge >= 0.3 is 5.97 Å². The van der Waals surface area contributed by atoms with E-state index >= 15 is 0 Å². The standard InChI is InChI=1S/C26H28O6S2/c1-18-5-9-22(10-6-18)33(23-11-7-19(2)8-12-23)24-15-20(3)26(21(4)16-24)32-17-25(27)31-13-14-34(28,29)30/h5-12,15-16H,13-14,17H2,1-4H3/p+1. The van der Waals surface area contributed by atoms with E-state index in [0.29, 0.717) is 5.75 Å². The molecule has 0 radical (unpaired) electrons. The van der Waals surface area contributed by atoms with Crippen molar-refractivity contribution in [1.29, 1.82) is 0 Å². The molecule has 0 spiro atoms. The highest BCUT2D eigenvalue weighted by Crippen LogP contribution is 2.35. The molecule has 0 heterocycles. The maximum atomic E-state index is 11.9. The van der Waals surface area contributed by atoms with Gasteiger partial charge in [-0.3, -0.25) is 4.55 Å². The number of hydrogen-bond donors (Lipinski definition) is 1. The van der Waals surface area contributed by atoms with E-state index in [1.165, 1.54) is 20.9 Å². The Kier molecular flexibility index (Phi) is 8.41. The Morgan fingerprint density at radius 1 is 0.824 bits per heavy atom. The molecule has 3 aromatic carbocycles. The lowest BCUT2D eigenvalue weighted by Gasteiger charge is -2.15. The number of esters is 1. The lowest BCUT2D eigenvalue weighted by molar-refractivity contribution is -0.145. The molecule has 8 heteroatoms. The number of carbonyl (C=O) groups excluding carboxylic acids is 1. The maximum Gasteiger partial charge on any atom is 0.344 e. The number of rotatable bonds is 9. The first-order valence-corrected chi connectivity index (χ1v) is 13.6. The van der Waals surface area contributed by atoms with Crippen LogP contribution in [-0.2, 0) is 30.5 Å². The van der Waals surface area contributed by atoms with Crippen LogP contribution in [0.2, 0.25) is 0 Å². The van der Waals surface area contributed by atoms with Gasteiger partial charge in [0.25, 0.3) is 10.1 Å². The van der Waals surface area contributed by atoms with Gasteiger partial charge < -0.3 is 9.47 Å². The molecule has 0 amide bonds. The van der Waals surface area contributed by atoms with Crippen molar-refractivity contribution in [3.05, 3.63) is 82.9 Å². The fraction of sp³-hybridized carbons (Fsp3) is 0.269. The molecule has 3 aromatic rings. The Morgan fingerprint density at radius 2 is 1.29 bits per heavy atom. The summed E-state index contributed by atoms with van der Waals surface area (Å²) < 4.78 is 40.7. The molecule has 0 atom stereocenters. The molecule has 0 aromatic heterocycles. The van der Waals surface area contributed by atoms with Crippen molar-refractivity contribution in [3.8, 4) is 5.75 Å². The molecule has 0 saturated carbocycles. The van der Waals surface area contributed by atoms with Crippen LogP contribution in [0.25, 0.3) is 0 Å². The Morgan fingerprint density at radius 3 is 1.74 bits per heavy atom. The summed E-state index contributed by atoms with van der Waals surface area (Å²) in [6, 6.07) is 21.3. The first-order chi connectivity index (χ1) is 16.0. The van der Waals surface area contributed by atoms with Crippen LogP contribution in [0.15, 0.2) is 75.4 Å². The highest BCUT2D eigenvalue weighted by molar-refractivity contribution is 7.97. The van der Waals surface area contributed by atoms with Crippen LogP contribution in [0.4, 0.5) is 0 Å². The fourth-order valence-electron chi connectivity index (χ4n) is 3.45. The van der Waals surface area contributed by atoms with E-state index in [0.717, 1.165) is 16.0 Å². The van der Waals surface area contributed by atoms with E-state index in [-0.39, 0.29) is 17.5 Å². The molecule has 0 fully saturated rings. The van der Waals surface area contributed by atoms with Crippen molar-refractivity contribution < 1.29 is 27.2 Å². The molecule has 0 bridgehead atoms. The van der Waals surface area contributed by atoms with E-state index in [2.05, 4.69) is 74.5 Å². The third kappa shape index (κ3) is 7.09. The van der Waals surface area contributed by atoms with E-state index in [1.807, 2.05) is 13.8 Å². The Hall–Kier alpha value is -2.81. The topological polar surface area (TPSA) is 89.9 Å². The average Bonchev–Trinajstić information content (AvgIpc) is 2.75. The second-order valence-corrected chi connectivity index (χ2v) is 11.7. The number of hydrogen-bond acceptors (Lipinski definition) is 5. The third-order valence-electron chi connectivity index (χ3n) is 5.12. The zero-order valence-corrected chi connectivity index (χ0v) is 21.3. The van der Waals surface area contributed by atoms with Gasteiger partial charge in [-0.25, -0.2) is 4.79 Å². The predicted molar refractivity (Wildman–Crippen MR) is 133 cm³/mol. The van der Waals surface area contributed by atoms with Crippen molar-refractivity contribution in [2.24, 2.45) is 0 Å². The van der Waals surface area contributed by atoms with E-state index in [1.54, 1.807) is 0 Å². The van der Waals surface area contributed by atoms with Gasteiger partial charge in [0, 0.05) is 12.1 Å². The number of benzene rings is 3. The van der Waals surface area contributed by atoms with Crippen LogP contribution in [0.3, 0.4) is 0 Å². The molecule has 1 N–H and O–H groups in total. The molecule has 180 valence electrons. The zero-order chi connectivity index (χ0) is 24.9. The summed E-state index contributed by atoms with van der Waals surface area (Å²) in [4.78, 5) is 15.5. The Labute approximate surface area is 204 Å². The number of aryl methyl sites for hydroxylation is 4. The lowest BCUT2D eigenvalue weighted by atomic mass is 10.1. The molecular weight excluding hydrogens is 472 g/mol. The number of ether oxygens (including phenoxy) is 2. The van der Waals surface area contributed by atoms with Crippen molar-refractivity contribution >= 4 is 27.0 Å². The van der Waals surface area contributed by atoms with Crippen LogP contribution < -0.4 is 4.74 Å². The highest BCUT2D eigenvalue weighted by atomic mass is 32.2. The van der Waals surface area contributed by atoms with Crippen LogP contribution >= 0.6 is 0 Å². The lowest BCUT2D eigenvalue weighted by Crippen LogP contribution is -2.20. The van der Waals surface area contributed by atoms with Crippen LogP contribution in [-0.4, -0.2) is 37.9 Å². The Bertz CT molecular complexity index is 1180. The zero-order valence-electron chi connectivity index (χ0n) is 19.7. The summed E-state index contributed by atoms with van der Waals surface area (Å²) in [6.07, 6.45) is 0. The molecule has 0 aliphatic rings. The molecular formula is C26H29O6S2+. The van der Waals surface area contributed by atoms with Gasteiger partial charge in [-0.05, 0) is 63.1 Å². The van der Waals surface area contributed by atoms with Gasteiger partial charge in [0.05, 0.1) is 10.9 Å². The third-order valence-corrected chi connectivity index (χ3v) is 8.00. The molecule has 6 nitrogen and oxygen atoms in total. The van der Waals surface area contributed by atoms with Crippen molar-refractivity contribution in [3.63, 3.8) is 0 Å². The fourth-order valence-corrected chi connectivity index (χ4v) is 5.96. The first-order valence-electron chi connectivity index (χ1n) is 10.8. The van der Waals surface area contributed by atoms with E-state index in [4.69, 9.17) is 14.0 Å². The summed E-state index contributed by atoms with van der Waals surface area (Å²) >= 11 is 0. The summed E-state index contributed by atoms with van der Waals surface area (Å²) in [5, 5.41) is 0. The number of carbonyl (C=O) groups is 1. The van der Waals surface area contributed by atoms with Gasteiger partial charge in [0.15, 0.2) is 21.3 Å². The molecule has 34 heavy (non-hydrogen) atoms. The quantitative estimate of drug-likeness (QED) is 0.257. The van der Waals surface area contributed by atoms with Gasteiger partial charge in [-0.1, -0.05) is 35.4 Å². The summed E-state index contributed by atoms with van der Waals surface area (Å²) in [5.74, 6) is -0.760. The van der Waals surface area contributed by atoms with Gasteiger partial charge in [0.1, 0.15) is 18.1 Å². The molecule has 3 rings (SSSR count). The maximum absolute atomic E-state index is 11.9.